The third-order valence-corrected chi connectivity index (χ3v) is 6.67. The second-order valence-corrected chi connectivity index (χ2v) is 9.00. The van der Waals surface area contributed by atoms with E-state index < -0.39 is 0 Å². The molecule has 0 aliphatic carbocycles. The molecule has 180 valence electrons. The number of halogens is 1. The Balaban J connectivity index is 1.25. The van der Waals surface area contributed by atoms with Crippen LogP contribution in [0.1, 0.15) is 22.3 Å². The molecule has 0 radical (unpaired) electrons. The molecule has 3 amide bonds. The summed E-state index contributed by atoms with van der Waals surface area (Å²) in [6.45, 7) is 4.45. The van der Waals surface area contributed by atoms with Crippen molar-refractivity contribution < 1.29 is 14.0 Å². The summed E-state index contributed by atoms with van der Waals surface area (Å²) in [5, 5.41) is 0. The normalized spacial score (nSPS) is 16.5. The molecule has 6 nitrogen and oxygen atoms in total. The van der Waals surface area contributed by atoms with Crippen LogP contribution < -0.4 is 9.80 Å². The van der Waals surface area contributed by atoms with Crippen LogP contribution in [0.25, 0.3) is 0 Å². The van der Waals surface area contributed by atoms with Crippen LogP contribution in [0.3, 0.4) is 0 Å². The van der Waals surface area contributed by atoms with Crippen molar-refractivity contribution in [3.05, 3.63) is 95.8 Å². The lowest BCUT2D eigenvalue weighted by atomic mass is 10.1. The molecule has 0 atom stereocenters. The number of hydrogen-bond donors (Lipinski definition) is 0. The Morgan fingerprint density at radius 1 is 0.771 bits per heavy atom. The number of para-hydroxylation sites is 1. The lowest BCUT2D eigenvalue weighted by Gasteiger charge is -2.37. The summed E-state index contributed by atoms with van der Waals surface area (Å²) in [4.78, 5) is 34.1. The Morgan fingerprint density at radius 3 is 2.29 bits per heavy atom. The van der Waals surface area contributed by atoms with Crippen molar-refractivity contribution >= 4 is 23.3 Å². The summed E-state index contributed by atoms with van der Waals surface area (Å²) in [5.74, 6) is -0.319. The van der Waals surface area contributed by atoms with E-state index in [1.807, 2.05) is 53.4 Å². The van der Waals surface area contributed by atoms with Gasteiger partial charge >= 0.3 is 6.03 Å². The van der Waals surface area contributed by atoms with E-state index in [0.29, 0.717) is 44.0 Å². The first-order chi connectivity index (χ1) is 17.1. The van der Waals surface area contributed by atoms with Gasteiger partial charge in [-0.05, 0) is 54.4 Å². The molecule has 0 bridgehead atoms. The SMILES string of the molecule is O=C(c1cccc(N2CCCN(Cc3cccc(F)c3)C2=O)c1)N1CCN(c2ccccc2)CC1. The molecule has 2 fully saturated rings. The van der Waals surface area contributed by atoms with Gasteiger partial charge in [-0.25, -0.2) is 9.18 Å². The minimum Gasteiger partial charge on any atom is -0.368 e. The lowest BCUT2D eigenvalue weighted by Crippen LogP contribution is -2.49. The number of carbonyl (C=O) groups excluding carboxylic acids is 2. The number of carbonyl (C=O) groups is 2. The van der Waals surface area contributed by atoms with Gasteiger partial charge in [-0.2, -0.15) is 0 Å². The van der Waals surface area contributed by atoms with Crippen molar-refractivity contribution in [2.45, 2.75) is 13.0 Å². The second-order valence-electron chi connectivity index (χ2n) is 9.00. The first-order valence-corrected chi connectivity index (χ1v) is 12.1. The van der Waals surface area contributed by atoms with Gasteiger partial charge in [-0.1, -0.05) is 36.4 Å². The minimum atomic E-state index is -0.306. The Morgan fingerprint density at radius 2 is 1.51 bits per heavy atom. The third kappa shape index (κ3) is 5.14. The first kappa shape index (κ1) is 22.9. The topological polar surface area (TPSA) is 47.1 Å². The first-order valence-electron chi connectivity index (χ1n) is 12.1. The van der Waals surface area contributed by atoms with E-state index in [1.54, 1.807) is 15.9 Å². The molecule has 3 aromatic carbocycles. The fourth-order valence-corrected chi connectivity index (χ4v) is 4.82. The Kier molecular flexibility index (Phi) is 6.66. The van der Waals surface area contributed by atoms with Crippen molar-refractivity contribution in [3.8, 4) is 0 Å². The summed E-state index contributed by atoms with van der Waals surface area (Å²) >= 11 is 0. The zero-order valence-corrected chi connectivity index (χ0v) is 19.6. The van der Waals surface area contributed by atoms with Crippen LogP contribution in [-0.2, 0) is 6.54 Å². The van der Waals surface area contributed by atoms with Crippen molar-refractivity contribution in [2.75, 3.05) is 49.1 Å². The van der Waals surface area contributed by atoms with Gasteiger partial charge in [0.1, 0.15) is 5.82 Å². The number of hydrogen-bond acceptors (Lipinski definition) is 3. The highest BCUT2D eigenvalue weighted by Gasteiger charge is 2.28. The minimum absolute atomic E-state index is 0.0133. The zero-order valence-electron chi connectivity index (χ0n) is 19.6. The summed E-state index contributed by atoms with van der Waals surface area (Å²) in [6, 6.07) is 23.8. The van der Waals surface area contributed by atoms with Crippen molar-refractivity contribution in [1.29, 1.82) is 0 Å². The summed E-state index contributed by atoms with van der Waals surface area (Å²) < 4.78 is 13.6. The molecule has 3 aromatic rings. The number of amides is 3. The number of anilines is 2. The molecular formula is C28H29FN4O2. The van der Waals surface area contributed by atoms with Gasteiger partial charge in [-0.3, -0.25) is 9.69 Å². The van der Waals surface area contributed by atoms with Gasteiger partial charge in [0, 0.05) is 62.8 Å². The van der Waals surface area contributed by atoms with Crippen LogP contribution >= 0.6 is 0 Å². The molecule has 0 unspecified atom stereocenters. The van der Waals surface area contributed by atoms with Crippen LogP contribution in [0.2, 0.25) is 0 Å². The van der Waals surface area contributed by atoms with Gasteiger partial charge in [0.2, 0.25) is 0 Å². The predicted molar refractivity (Wildman–Crippen MR) is 135 cm³/mol. The summed E-state index contributed by atoms with van der Waals surface area (Å²) in [7, 11) is 0. The smallest absolute Gasteiger partial charge is 0.324 e. The van der Waals surface area contributed by atoms with E-state index in [0.717, 1.165) is 25.1 Å². The molecule has 2 heterocycles. The lowest BCUT2D eigenvalue weighted by molar-refractivity contribution is 0.0746. The van der Waals surface area contributed by atoms with E-state index in [1.165, 1.54) is 17.8 Å². The highest BCUT2D eigenvalue weighted by molar-refractivity contribution is 5.98. The zero-order chi connectivity index (χ0) is 24.2. The fraction of sp³-hybridized carbons (Fsp3) is 0.286. The molecular weight excluding hydrogens is 443 g/mol. The predicted octanol–water partition coefficient (Wildman–Crippen LogP) is 4.62. The molecule has 2 saturated heterocycles. The molecule has 7 heteroatoms. The average molecular weight is 473 g/mol. The summed E-state index contributed by atoms with van der Waals surface area (Å²) in [5.41, 5.74) is 3.24. The Bertz CT molecular complexity index is 1190. The molecule has 35 heavy (non-hydrogen) atoms. The van der Waals surface area contributed by atoms with Crippen LogP contribution in [0.5, 0.6) is 0 Å². The molecule has 0 N–H and O–H groups in total. The Hall–Kier alpha value is -3.87. The maximum absolute atomic E-state index is 13.6. The molecule has 0 aromatic heterocycles. The third-order valence-electron chi connectivity index (χ3n) is 6.67. The monoisotopic (exact) mass is 472 g/mol. The second kappa shape index (κ2) is 10.2. The molecule has 2 aliphatic heterocycles. The molecule has 2 aliphatic rings. The van der Waals surface area contributed by atoms with Crippen molar-refractivity contribution in [1.82, 2.24) is 9.80 Å². The maximum Gasteiger partial charge on any atom is 0.324 e. The maximum atomic E-state index is 13.6. The largest absolute Gasteiger partial charge is 0.368 e. The number of rotatable bonds is 5. The van der Waals surface area contributed by atoms with E-state index in [2.05, 4.69) is 17.0 Å². The fourth-order valence-electron chi connectivity index (χ4n) is 4.82. The highest BCUT2D eigenvalue weighted by atomic mass is 19.1. The number of nitrogens with zero attached hydrogens (tertiary/aromatic N) is 4. The van der Waals surface area contributed by atoms with Crippen LogP contribution in [-0.4, -0.2) is 61.0 Å². The van der Waals surface area contributed by atoms with Crippen LogP contribution in [0.4, 0.5) is 20.6 Å². The van der Waals surface area contributed by atoms with Gasteiger partial charge in [-0.15, -0.1) is 0 Å². The van der Waals surface area contributed by atoms with Gasteiger partial charge in [0.25, 0.3) is 5.91 Å². The number of urea groups is 1. The molecule has 5 rings (SSSR count). The van der Waals surface area contributed by atoms with Gasteiger partial charge < -0.3 is 14.7 Å². The van der Waals surface area contributed by atoms with Crippen molar-refractivity contribution in [3.63, 3.8) is 0 Å². The average Bonchev–Trinajstić information content (AvgIpc) is 2.90. The van der Waals surface area contributed by atoms with Crippen LogP contribution in [0.15, 0.2) is 78.9 Å². The molecule has 0 saturated carbocycles. The standard InChI is InChI=1S/C28H29FN4O2/c29-24-9-4-7-22(19-24)21-32-13-6-14-33(28(32)35)26-12-5-8-23(20-26)27(34)31-17-15-30(16-18-31)25-10-2-1-3-11-25/h1-5,7-12,19-20H,6,13-18,21H2. The number of piperazine rings is 1. The van der Waals surface area contributed by atoms with Crippen LogP contribution in [0, 0.1) is 5.82 Å². The molecule has 0 spiro atoms. The van der Waals surface area contributed by atoms with E-state index in [-0.39, 0.29) is 17.8 Å². The number of benzene rings is 3. The van der Waals surface area contributed by atoms with Gasteiger partial charge in [0.05, 0.1) is 0 Å². The quantitative estimate of drug-likeness (QED) is 0.545. The van der Waals surface area contributed by atoms with E-state index in [4.69, 9.17) is 0 Å². The highest BCUT2D eigenvalue weighted by Crippen LogP contribution is 2.24. The summed E-state index contributed by atoms with van der Waals surface area (Å²) in [6.07, 6.45) is 0.806. The van der Waals surface area contributed by atoms with E-state index in [9.17, 15) is 14.0 Å². The Labute approximate surface area is 205 Å². The van der Waals surface area contributed by atoms with Gasteiger partial charge in [0.15, 0.2) is 0 Å². The van der Waals surface area contributed by atoms with Crippen molar-refractivity contribution in [2.24, 2.45) is 0 Å². The van der Waals surface area contributed by atoms with E-state index >= 15 is 0 Å².